The number of aliphatic hydroxyl groups is 4. The molecule has 6 unspecified atom stereocenters. The predicted octanol–water partition coefficient (Wildman–Crippen LogP) is 11.8. The van der Waals surface area contributed by atoms with E-state index in [-0.39, 0.29) is 19.2 Å². The van der Waals surface area contributed by atoms with Gasteiger partial charge in [-0.15, -0.1) is 0 Å². The maximum atomic E-state index is 12.8. The molecule has 0 radical (unpaired) electrons. The Labute approximate surface area is 378 Å². The lowest BCUT2D eigenvalue weighted by Crippen LogP contribution is -2.59. The van der Waals surface area contributed by atoms with Gasteiger partial charge in [0.25, 0.3) is 0 Å². The number of rotatable bonds is 41. The van der Waals surface area contributed by atoms with Gasteiger partial charge in [0.1, 0.15) is 30.5 Å². The molecule has 1 heterocycles. The number of hydrogen-bond acceptors (Lipinski definition) is 9. The minimum atomic E-state index is -1.54. The van der Waals surface area contributed by atoms with Crippen LogP contribution in [0.1, 0.15) is 181 Å². The Bertz CT molecular complexity index is 1220. The molecule has 1 aliphatic rings. The van der Waals surface area contributed by atoms with Crippen molar-refractivity contribution >= 4 is 5.97 Å². The predicted molar refractivity (Wildman–Crippen MR) is 256 cm³/mol. The summed E-state index contributed by atoms with van der Waals surface area (Å²) in [6, 6.07) is 0. The van der Waals surface area contributed by atoms with Crippen LogP contribution in [0.3, 0.4) is 0 Å². The van der Waals surface area contributed by atoms with Gasteiger partial charge in [-0.1, -0.05) is 189 Å². The molecule has 62 heavy (non-hydrogen) atoms. The van der Waals surface area contributed by atoms with Crippen LogP contribution >= 0.6 is 0 Å². The lowest BCUT2D eigenvalue weighted by Gasteiger charge is -2.39. The molecule has 0 aliphatic carbocycles. The average molecular weight is 871 g/mol. The Balaban J connectivity index is 2.24. The molecule has 0 aromatic rings. The van der Waals surface area contributed by atoms with Crippen LogP contribution in [0.2, 0.25) is 0 Å². The number of allylic oxidation sites excluding steroid dienone is 14. The highest BCUT2D eigenvalue weighted by Gasteiger charge is 2.44. The molecular weight excluding hydrogens is 781 g/mol. The average Bonchev–Trinajstić information content (AvgIpc) is 3.27. The van der Waals surface area contributed by atoms with Gasteiger partial charge in [-0.05, 0) is 70.6 Å². The highest BCUT2D eigenvalue weighted by molar-refractivity contribution is 5.69. The Hall–Kier alpha value is -2.63. The van der Waals surface area contributed by atoms with Crippen molar-refractivity contribution in [3.8, 4) is 0 Å². The number of carbonyl (C=O) groups is 1. The molecular formula is C53H90O9. The van der Waals surface area contributed by atoms with Crippen LogP contribution in [0.5, 0.6) is 0 Å². The van der Waals surface area contributed by atoms with Crippen molar-refractivity contribution in [1.82, 2.24) is 0 Å². The molecule has 1 aliphatic heterocycles. The van der Waals surface area contributed by atoms with E-state index in [2.05, 4.69) is 98.9 Å². The first kappa shape index (κ1) is 57.4. The molecule has 0 amide bonds. The molecule has 0 aromatic heterocycles. The van der Waals surface area contributed by atoms with Crippen LogP contribution in [0.25, 0.3) is 0 Å². The van der Waals surface area contributed by atoms with E-state index in [1.54, 1.807) is 0 Å². The smallest absolute Gasteiger partial charge is 0.306 e. The fourth-order valence-corrected chi connectivity index (χ4v) is 7.00. The molecule has 4 N–H and O–H groups in total. The van der Waals surface area contributed by atoms with Gasteiger partial charge in [-0.2, -0.15) is 0 Å². The maximum absolute atomic E-state index is 12.8. The number of esters is 1. The van der Waals surface area contributed by atoms with Crippen LogP contribution in [-0.2, 0) is 23.7 Å². The SMILES string of the molecule is CC/C=C\C/C=C\C/C=C\C/C=C\C/C=C\C/C=C\C/C=C\CCCCCCOCC(COC1OC(CO)C(O)C(O)C1O)OC(=O)CCCCCCCCCCCCCCC. The van der Waals surface area contributed by atoms with Gasteiger partial charge < -0.3 is 39.4 Å². The Morgan fingerprint density at radius 3 is 1.48 bits per heavy atom. The van der Waals surface area contributed by atoms with Gasteiger partial charge in [-0.25, -0.2) is 0 Å². The number of carbonyl (C=O) groups excluding carboxylic acids is 1. The van der Waals surface area contributed by atoms with E-state index < -0.39 is 43.4 Å². The molecule has 0 spiro atoms. The van der Waals surface area contributed by atoms with Gasteiger partial charge in [-0.3, -0.25) is 4.79 Å². The first-order valence-corrected chi connectivity index (χ1v) is 24.7. The van der Waals surface area contributed by atoms with Crippen LogP contribution in [0.15, 0.2) is 85.1 Å². The van der Waals surface area contributed by atoms with Crippen molar-refractivity contribution in [3.05, 3.63) is 85.1 Å². The van der Waals surface area contributed by atoms with Gasteiger partial charge >= 0.3 is 5.97 Å². The molecule has 356 valence electrons. The summed E-state index contributed by atoms with van der Waals surface area (Å²) in [5.74, 6) is -0.326. The summed E-state index contributed by atoms with van der Waals surface area (Å²) in [5, 5.41) is 40.2. The van der Waals surface area contributed by atoms with E-state index in [1.165, 1.54) is 64.2 Å². The van der Waals surface area contributed by atoms with Crippen molar-refractivity contribution in [1.29, 1.82) is 0 Å². The zero-order valence-electron chi connectivity index (χ0n) is 39.1. The summed E-state index contributed by atoms with van der Waals surface area (Å²) < 4.78 is 22.8. The highest BCUT2D eigenvalue weighted by atomic mass is 16.7. The largest absolute Gasteiger partial charge is 0.457 e. The Morgan fingerprint density at radius 1 is 0.532 bits per heavy atom. The zero-order valence-corrected chi connectivity index (χ0v) is 39.1. The van der Waals surface area contributed by atoms with E-state index in [0.717, 1.165) is 96.3 Å². The fourth-order valence-electron chi connectivity index (χ4n) is 7.00. The summed E-state index contributed by atoms with van der Waals surface area (Å²) in [7, 11) is 0. The van der Waals surface area contributed by atoms with Crippen molar-refractivity contribution in [2.45, 2.75) is 218 Å². The van der Waals surface area contributed by atoms with Gasteiger partial charge in [0.05, 0.1) is 19.8 Å². The van der Waals surface area contributed by atoms with Gasteiger partial charge in [0.2, 0.25) is 0 Å². The summed E-state index contributed by atoms with van der Waals surface area (Å²) in [4.78, 5) is 12.8. The van der Waals surface area contributed by atoms with Crippen LogP contribution in [-0.4, -0.2) is 89.6 Å². The van der Waals surface area contributed by atoms with Crippen molar-refractivity contribution in [3.63, 3.8) is 0 Å². The Morgan fingerprint density at radius 2 is 0.984 bits per heavy atom. The summed E-state index contributed by atoms with van der Waals surface area (Å²) in [6.07, 6.45) is 51.8. The summed E-state index contributed by atoms with van der Waals surface area (Å²) in [5.41, 5.74) is 0. The molecule has 9 heteroatoms. The van der Waals surface area contributed by atoms with E-state index >= 15 is 0 Å². The maximum Gasteiger partial charge on any atom is 0.306 e. The van der Waals surface area contributed by atoms with E-state index in [1.807, 2.05) is 0 Å². The second kappa shape index (κ2) is 43.6. The molecule has 9 nitrogen and oxygen atoms in total. The minimum absolute atomic E-state index is 0.124. The molecule has 1 saturated heterocycles. The third-order valence-electron chi connectivity index (χ3n) is 10.8. The molecule has 6 atom stereocenters. The number of ether oxygens (including phenoxy) is 4. The van der Waals surface area contributed by atoms with E-state index in [0.29, 0.717) is 13.0 Å². The third-order valence-corrected chi connectivity index (χ3v) is 10.8. The normalized spacial score (nSPS) is 20.5. The van der Waals surface area contributed by atoms with Gasteiger partial charge in [0, 0.05) is 13.0 Å². The van der Waals surface area contributed by atoms with Crippen LogP contribution in [0, 0.1) is 0 Å². The van der Waals surface area contributed by atoms with Gasteiger partial charge in [0.15, 0.2) is 6.29 Å². The lowest BCUT2D eigenvalue weighted by atomic mass is 9.99. The Kier molecular flexibility index (Phi) is 40.4. The van der Waals surface area contributed by atoms with E-state index in [9.17, 15) is 25.2 Å². The molecule has 1 rings (SSSR count). The van der Waals surface area contributed by atoms with Crippen LogP contribution in [0.4, 0.5) is 0 Å². The first-order valence-electron chi connectivity index (χ1n) is 24.7. The number of aliphatic hydroxyl groups excluding tert-OH is 4. The summed E-state index contributed by atoms with van der Waals surface area (Å²) in [6.45, 7) is 4.37. The zero-order chi connectivity index (χ0) is 45.0. The molecule has 0 aromatic carbocycles. The van der Waals surface area contributed by atoms with Crippen LogP contribution < -0.4 is 0 Å². The topological polar surface area (TPSA) is 135 Å². The minimum Gasteiger partial charge on any atom is -0.457 e. The molecule has 0 bridgehead atoms. The molecule has 0 saturated carbocycles. The summed E-state index contributed by atoms with van der Waals surface area (Å²) >= 11 is 0. The lowest BCUT2D eigenvalue weighted by molar-refractivity contribution is -0.305. The van der Waals surface area contributed by atoms with Crippen molar-refractivity contribution in [2.24, 2.45) is 0 Å². The first-order chi connectivity index (χ1) is 30.4. The monoisotopic (exact) mass is 871 g/mol. The second-order valence-electron chi connectivity index (χ2n) is 16.5. The molecule has 1 fully saturated rings. The van der Waals surface area contributed by atoms with Crippen molar-refractivity contribution in [2.75, 3.05) is 26.4 Å². The highest BCUT2D eigenvalue weighted by Crippen LogP contribution is 2.22. The number of hydrogen-bond donors (Lipinski definition) is 4. The van der Waals surface area contributed by atoms with E-state index in [4.69, 9.17) is 18.9 Å². The number of unbranched alkanes of at least 4 members (excludes halogenated alkanes) is 16. The standard InChI is InChI=1S/C53H90O9/c1-3-5-7-9-11-13-15-17-18-19-20-21-22-23-24-25-26-27-28-29-31-33-35-37-39-41-43-59-45-47(46-60-53-52(58)51(57)50(56)48(44-54)62-53)61-49(55)42-40-38-36-34-32-30-16-14-12-10-8-6-4-2/h5,7,11,13,17-18,20-21,23-24,26-27,29,31,47-48,50-54,56-58H,3-4,6,8-10,12,14-16,19,22,25,28,30,32-46H2,1-2H3/b7-5-,13-11-,18-17-,21-20-,24-23-,27-26-,31-29-. The van der Waals surface area contributed by atoms with Crippen molar-refractivity contribution < 1.29 is 44.2 Å². The quantitative estimate of drug-likeness (QED) is 0.0269. The fraction of sp³-hybridized carbons (Fsp3) is 0.717. The second-order valence-corrected chi connectivity index (χ2v) is 16.5. The third kappa shape index (κ3) is 33.9.